The fraction of sp³-hybridized carbons (Fsp3) is 0.304. The third-order valence-electron chi connectivity index (χ3n) is 5.67. The van der Waals surface area contributed by atoms with Crippen LogP contribution < -0.4 is 9.91 Å². The molecule has 0 N–H and O–H groups in total. The number of benzene rings is 2. The average Bonchev–Trinajstić information content (AvgIpc) is 3.04. The smallest absolute Gasteiger partial charge is 0.293 e. The van der Waals surface area contributed by atoms with E-state index >= 15 is 0 Å². The minimum absolute atomic E-state index is 0.0541. The SMILES string of the molecule is CC1=NN(c2ccc(C)c(Cl)c2)C(=O)/C1=C\c1ccc(N2CCCCC2)c([N+](=O)[O-])c1. The van der Waals surface area contributed by atoms with Crippen molar-refractivity contribution < 1.29 is 9.72 Å². The number of amides is 1. The predicted molar refractivity (Wildman–Crippen MR) is 124 cm³/mol. The minimum Gasteiger partial charge on any atom is -0.366 e. The molecule has 1 amide bonds. The number of nitro groups is 1. The highest BCUT2D eigenvalue weighted by Crippen LogP contribution is 2.33. The van der Waals surface area contributed by atoms with E-state index in [9.17, 15) is 14.9 Å². The Balaban J connectivity index is 1.65. The number of carbonyl (C=O) groups is 1. The fourth-order valence-electron chi connectivity index (χ4n) is 3.92. The van der Waals surface area contributed by atoms with Crippen molar-refractivity contribution in [3.8, 4) is 0 Å². The number of nitro benzene ring substituents is 1. The molecule has 0 radical (unpaired) electrons. The normalized spacial score (nSPS) is 18.0. The number of aryl methyl sites for hydroxylation is 1. The van der Waals surface area contributed by atoms with Gasteiger partial charge in [0.2, 0.25) is 0 Å². The first kappa shape index (κ1) is 21.1. The lowest BCUT2D eigenvalue weighted by molar-refractivity contribution is -0.384. The van der Waals surface area contributed by atoms with Gasteiger partial charge < -0.3 is 4.90 Å². The molecule has 160 valence electrons. The lowest BCUT2D eigenvalue weighted by Crippen LogP contribution is -2.29. The van der Waals surface area contributed by atoms with E-state index in [2.05, 4.69) is 10.0 Å². The zero-order valence-corrected chi connectivity index (χ0v) is 18.2. The van der Waals surface area contributed by atoms with Crippen LogP contribution in [-0.4, -0.2) is 29.6 Å². The molecule has 2 heterocycles. The van der Waals surface area contributed by atoms with Gasteiger partial charge in [-0.3, -0.25) is 14.9 Å². The largest absolute Gasteiger partial charge is 0.366 e. The highest BCUT2D eigenvalue weighted by molar-refractivity contribution is 6.33. The molecule has 1 saturated heterocycles. The van der Waals surface area contributed by atoms with Gasteiger partial charge in [0.25, 0.3) is 11.6 Å². The van der Waals surface area contributed by atoms with E-state index < -0.39 is 0 Å². The van der Waals surface area contributed by atoms with Crippen molar-refractivity contribution in [2.75, 3.05) is 23.0 Å². The molecule has 0 spiro atoms. The van der Waals surface area contributed by atoms with Gasteiger partial charge in [0.15, 0.2) is 0 Å². The number of hydrazone groups is 1. The highest BCUT2D eigenvalue weighted by Gasteiger charge is 2.29. The Bertz CT molecular complexity index is 1120. The third-order valence-corrected chi connectivity index (χ3v) is 6.07. The summed E-state index contributed by atoms with van der Waals surface area (Å²) in [6, 6.07) is 10.4. The summed E-state index contributed by atoms with van der Waals surface area (Å²) in [6.07, 6.45) is 4.87. The molecular formula is C23H23ClN4O3. The van der Waals surface area contributed by atoms with Crippen LogP contribution in [0.5, 0.6) is 0 Å². The van der Waals surface area contributed by atoms with Crippen molar-refractivity contribution >= 4 is 46.4 Å². The zero-order valence-electron chi connectivity index (χ0n) is 17.5. The summed E-state index contributed by atoms with van der Waals surface area (Å²) in [5, 5.41) is 18.0. The average molecular weight is 439 g/mol. The standard InChI is InChI=1S/C23H23ClN4O3/c1-15-6-8-18(14-20(15)24)27-23(29)19(16(2)25-27)12-17-7-9-21(22(13-17)28(30)31)26-10-4-3-5-11-26/h6-9,12-14H,3-5,10-11H2,1-2H3/b19-12-. The van der Waals surface area contributed by atoms with Gasteiger partial charge in [0, 0.05) is 24.2 Å². The molecule has 31 heavy (non-hydrogen) atoms. The molecule has 4 rings (SSSR count). The molecule has 0 saturated carbocycles. The summed E-state index contributed by atoms with van der Waals surface area (Å²) in [7, 11) is 0. The van der Waals surface area contributed by atoms with Crippen LogP contribution in [0.4, 0.5) is 17.1 Å². The van der Waals surface area contributed by atoms with Crippen molar-refractivity contribution in [2.45, 2.75) is 33.1 Å². The molecule has 0 bridgehead atoms. The Kier molecular flexibility index (Phi) is 5.78. The van der Waals surface area contributed by atoms with Gasteiger partial charge in [0.05, 0.1) is 21.9 Å². The van der Waals surface area contributed by atoms with Crippen LogP contribution >= 0.6 is 11.6 Å². The van der Waals surface area contributed by atoms with E-state index in [1.54, 1.807) is 31.2 Å². The molecule has 2 aliphatic rings. The molecular weight excluding hydrogens is 416 g/mol. The van der Waals surface area contributed by atoms with Crippen molar-refractivity contribution in [3.05, 3.63) is 68.2 Å². The van der Waals surface area contributed by atoms with Crippen LogP contribution in [0, 0.1) is 17.0 Å². The van der Waals surface area contributed by atoms with Crippen LogP contribution in [0.1, 0.15) is 37.3 Å². The minimum atomic E-state index is -0.357. The highest BCUT2D eigenvalue weighted by atomic mass is 35.5. The molecule has 0 aromatic heterocycles. The second-order valence-corrected chi connectivity index (χ2v) is 8.25. The molecule has 2 aromatic carbocycles. The summed E-state index contributed by atoms with van der Waals surface area (Å²) in [5.74, 6) is -0.292. The lowest BCUT2D eigenvalue weighted by atomic mass is 10.0. The fourth-order valence-corrected chi connectivity index (χ4v) is 4.09. The van der Waals surface area contributed by atoms with E-state index in [4.69, 9.17) is 11.6 Å². The second-order valence-electron chi connectivity index (χ2n) is 7.85. The number of hydrogen-bond acceptors (Lipinski definition) is 5. The number of halogens is 1. The van der Waals surface area contributed by atoms with Crippen molar-refractivity contribution in [1.82, 2.24) is 0 Å². The third kappa shape index (κ3) is 4.18. The van der Waals surface area contributed by atoms with Gasteiger partial charge in [-0.25, -0.2) is 0 Å². The first-order valence-corrected chi connectivity index (χ1v) is 10.6. The van der Waals surface area contributed by atoms with Gasteiger partial charge in [-0.15, -0.1) is 0 Å². The van der Waals surface area contributed by atoms with Gasteiger partial charge in [-0.1, -0.05) is 23.7 Å². The summed E-state index contributed by atoms with van der Waals surface area (Å²) in [5.41, 5.74) is 3.71. The van der Waals surface area contributed by atoms with Gasteiger partial charge in [-0.05, 0) is 68.5 Å². The maximum atomic E-state index is 13.0. The molecule has 2 aliphatic heterocycles. The van der Waals surface area contributed by atoms with E-state index in [0.717, 1.165) is 37.9 Å². The van der Waals surface area contributed by atoms with Crippen LogP contribution in [-0.2, 0) is 4.79 Å². The number of anilines is 2. The number of piperidine rings is 1. The lowest BCUT2D eigenvalue weighted by Gasteiger charge is -2.28. The van der Waals surface area contributed by atoms with Gasteiger partial charge >= 0.3 is 0 Å². The zero-order chi connectivity index (χ0) is 22.1. The Morgan fingerprint density at radius 3 is 2.52 bits per heavy atom. The topological polar surface area (TPSA) is 79.0 Å². The van der Waals surface area contributed by atoms with Crippen molar-refractivity contribution in [3.63, 3.8) is 0 Å². The van der Waals surface area contributed by atoms with Crippen molar-refractivity contribution in [2.24, 2.45) is 5.10 Å². The van der Waals surface area contributed by atoms with E-state index in [-0.39, 0.29) is 16.5 Å². The van der Waals surface area contributed by atoms with Crippen molar-refractivity contribution in [1.29, 1.82) is 0 Å². The summed E-state index contributed by atoms with van der Waals surface area (Å²) in [4.78, 5) is 26.4. The Hall–Kier alpha value is -3.19. The summed E-state index contributed by atoms with van der Waals surface area (Å²) >= 11 is 6.20. The van der Waals surface area contributed by atoms with E-state index in [0.29, 0.717) is 33.2 Å². The van der Waals surface area contributed by atoms with Crippen LogP contribution in [0.15, 0.2) is 47.1 Å². The second kappa shape index (κ2) is 8.51. The number of carbonyl (C=O) groups excluding carboxylic acids is 1. The molecule has 0 atom stereocenters. The van der Waals surface area contributed by atoms with E-state index in [1.165, 1.54) is 11.1 Å². The molecule has 1 fully saturated rings. The van der Waals surface area contributed by atoms with Gasteiger partial charge in [0.1, 0.15) is 5.69 Å². The number of hydrogen-bond donors (Lipinski definition) is 0. The van der Waals surface area contributed by atoms with Crippen LogP contribution in [0.25, 0.3) is 6.08 Å². The quantitative estimate of drug-likeness (QED) is 0.366. The molecule has 7 nitrogen and oxygen atoms in total. The van der Waals surface area contributed by atoms with Crippen LogP contribution in [0.2, 0.25) is 5.02 Å². The maximum Gasteiger partial charge on any atom is 0.293 e. The van der Waals surface area contributed by atoms with Crippen LogP contribution in [0.3, 0.4) is 0 Å². The summed E-state index contributed by atoms with van der Waals surface area (Å²) in [6.45, 7) is 5.27. The number of nitrogens with zero attached hydrogens (tertiary/aromatic N) is 4. The van der Waals surface area contributed by atoms with E-state index in [1.807, 2.05) is 19.1 Å². The molecule has 0 unspecified atom stereocenters. The summed E-state index contributed by atoms with van der Waals surface area (Å²) < 4.78 is 0. The molecule has 2 aromatic rings. The predicted octanol–water partition coefficient (Wildman–Crippen LogP) is 5.35. The Morgan fingerprint density at radius 2 is 1.84 bits per heavy atom. The first-order valence-electron chi connectivity index (χ1n) is 10.3. The monoisotopic (exact) mass is 438 g/mol. The maximum absolute atomic E-state index is 13.0. The first-order chi connectivity index (χ1) is 14.8. The molecule has 0 aliphatic carbocycles. The van der Waals surface area contributed by atoms with Gasteiger partial charge in [-0.2, -0.15) is 10.1 Å². The Labute approximate surface area is 185 Å². The number of rotatable bonds is 4. The molecule has 8 heteroatoms. The Morgan fingerprint density at radius 1 is 1.10 bits per heavy atom.